The van der Waals surface area contributed by atoms with Crippen molar-refractivity contribution in [3.8, 4) is 0 Å². The summed E-state index contributed by atoms with van der Waals surface area (Å²) in [5.41, 5.74) is 2.93. The molecular formula is C20H30IN5OS. The molecule has 6 nitrogen and oxygen atoms in total. The lowest BCUT2D eigenvalue weighted by molar-refractivity contribution is 0.0773. The van der Waals surface area contributed by atoms with Crippen molar-refractivity contribution in [3.05, 3.63) is 51.5 Å². The number of amides is 1. The molecule has 1 heterocycles. The second-order valence-electron chi connectivity index (χ2n) is 6.13. The molecule has 2 rings (SSSR count). The molecule has 1 aromatic carbocycles. The third-order valence-electron chi connectivity index (χ3n) is 4.28. The molecular weight excluding hydrogens is 485 g/mol. The first-order chi connectivity index (χ1) is 13.1. The average Bonchev–Trinajstić information content (AvgIpc) is 3.11. The number of rotatable bonds is 8. The van der Waals surface area contributed by atoms with Crippen LogP contribution in [0.5, 0.6) is 0 Å². The summed E-state index contributed by atoms with van der Waals surface area (Å²) >= 11 is 1.67. The number of guanidine groups is 1. The zero-order valence-electron chi connectivity index (χ0n) is 17.0. The zero-order chi connectivity index (χ0) is 19.6. The number of halogens is 1. The van der Waals surface area contributed by atoms with Crippen LogP contribution in [-0.2, 0) is 13.0 Å². The quantitative estimate of drug-likeness (QED) is 0.321. The van der Waals surface area contributed by atoms with Crippen LogP contribution in [0.3, 0.4) is 0 Å². The van der Waals surface area contributed by atoms with Crippen molar-refractivity contribution in [2.45, 2.75) is 33.7 Å². The molecule has 28 heavy (non-hydrogen) atoms. The van der Waals surface area contributed by atoms with E-state index in [4.69, 9.17) is 0 Å². The van der Waals surface area contributed by atoms with Gasteiger partial charge in [0.1, 0.15) is 0 Å². The molecule has 8 heteroatoms. The predicted octanol–water partition coefficient (Wildman–Crippen LogP) is 3.46. The van der Waals surface area contributed by atoms with E-state index in [0.717, 1.165) is 53.8 Å². The molecule has 1 amide bonds. The number of aryl methyl sites for hydroxylation is 1. The minimum atomic E-state index is 0. The second kappa shape index (κ2) is 12.7. The molecule has 0 unspecified atom stereocenters. The molecule has 0 spiro atoms. The van der Waals surface area contributed by atoms with Gasteiger partial charge in [0.2, 0.25) is 0 Å². The first kappa shape index (κ1) is 24.4. The highest BCUT2D eigenvalue weighted by Crippen LogP contribution is 2.09. The van der Waals surface area contributed by atoms with Crippen LogP contribution in [-0.4, -0.2) is 48.4 Å². The first-order valence-electron chi connectivity index (χ1n) is 9.31. The Balaban J connectivity index is 0.00000392. The summed E-state index contributed by atoms with van der Waals surface area (Å²) in [5, 5.41) is 9.78. The zero-order valence-corrected chi connectivity index (χ0v) is 20.1. The molecule has 0 aliphatic rings. The van der Waals surface area contributed by atoms with Crippen LogP contribution in [0, 0.1) is 6.92 Å². The van der Waals surface area contributed by atoms with Gasteiger partial charge in [-0.25, -0.2) is 4.98 Å². The van der Waals surface area contributed by atoms with Crippen LogP contribution in [0.25, 0.3) is 0 Å². The Morgan fingerprint density at radius 3 is 2.39 bits per heavy atom. The molecule has 0 saturated carbocycles. The van der Waals surface area contributed by atoms with Crippen molar-refractivity contribution in [3.63, 3.8) is 0 Å². The molecule has 0 atom stereocenters. The van der Waals surface area contributed by atoms with E-state index in [1.54, 1.807) is 18.4 Å². The van der Waals surface area contributed by atoms with Gasteiger partial charge in [0.05, 0.1) is 10.7 Å². The van der Waals surface area contributed by atoms with Crippen molar-refractivity contribution in [2.24, 2.45) is 4.99 Å². The van der Waals surface area contributed by atoms with Gasteiger partial charge in [0.25, 0.3) is 5.91 Å². The van der Waals surface area contributed by atoms with Gasteiger partial charge in [0.15, 0.2) is 5.96 Å². The molecule has 1 aromatic heterocycles. The van der Waals surface area contributed by atoms with E-state index in [2.05, 4.69) is 26.0 Å². The molecule has 154 valence electrons. The molecule has 0 aliphatic carbocycles. The summed E-state index contributed by atoms with van der Waals surface area (Å²) in [6.07, 6.45) is 0.868. The average molecular weight is 515 g/mol. The second-order valence-corrected chi connectivity index (χ2v) is 7.20. The number of hydrogen-bond donors (Lipinski definition) is 2. The minimum Gasteiger partial charge on any atom is -0.356 e. The topological polar surface area (TPSA) is 69.6 Å². The smallest absolute Gasteiger partial charge is 0.253 e. The molecule has 2 N–H and O–H groups in total. The standard InChI is InChI=1S/C20H29N5OS.HI/c1-5-25(6-2)19(26)17-9-7-16(8-10-17)13-23-20(21-4)22-12-11-18-14-27-15(3)24-18;/h7-10,14H,5-6,11-13H2,1-4H3,(H2,21,22,23);1H. The number of carbonyl (C=O) groups is 1. The van der Waals surface area contributed by atoms with E-state index >= 15 is 0 Å². The van der Waals surface area contributed by atoms with Crippen molar-refractivity contribution in [2.75, 3.05) is 26.7 Å². The Bertz CT molecular complexity index is 756. The summed E-state index contributed by atoms with van der Waals surface area (Å²) < 4.78 is 0. The van der Waals surface area contributed by atoms with Gasteiger partial charge >= 0.3 is 0 Å². The summed E-state index contributed by atoms with van der Waals surface area (Å²) in [4.78, 5) is 22.9. The summed E-state index contributed by atoms with van der Waals surface area (Å²) in [6.45, 7) is 8.88. The molecule has 0 aliphatic heterocycles. The first-order valence-corrected chi connectivity index (χ1v) is 10.2. The van der Waals surface area contributed by atoms with Gasteiger partial charge in [-0.05, 0) is 38.5 Å². The molecule has 0 radical (unpaired) electrons. The highest BCUT2D eigenvalue weighted by atomic mass is 127. The van der Waals surface area contributed by atoms with Crippen LogP contribution >= 0.6 is 35.3 Å². The number of nitrogens with one attached hydrogen (secondary N) is 2. The van der Waals surface area contributed by atoms with Crippen molar-refractivity contribution < 1.29 is 4.79 Å². The van der Waals surface area contributed by atoms with E-state index < -0.39 is 0 Å². The van der Waals surface area contributed by atoms with Crippen molar-refractivity contribution in [1.29, 1.82) is 0 Å². The van der Waals surface area contributed by atoms with Gasteiger partial charge in [-0.15, -0.1) is 35.3 Å². The molecule has 0 fully saturated rings. The largest absolute Gasteiger partial charge is 0.356 e. The Labute approximate surface area is 188 Å². The van der Waals surface area contributed by atoms with Crippen molar-refractivity contribution >= 4 is 47.2 Å². The van der Waals surface area contributed by atoms with Crippen LogP contribution in [0.15, 0.2) is 34.6 Å². The Morgan fingerprint density at radius 2 is 1.86 bits per heavy atom. The number of thiazole rings is 1. The lowest BCUT2D eigenvalue weighted by Gasteiger charge is -2.18. The van der Waals surface area contributed by atoms with Gasteiger partial charge < -0.3 is 15.5 Å². The van der Waals surface area contributed by atoms with E-state index in [1.807, 2.05) is 49.9 Å². The Hall–Kier alpha value is -1.68. The number of hydrogen-bond acceptors (Lipinski definition) is 4. The molecule has 0 saturated heterocycles. The number of aromatic nitrogens is 1. The van der Waals surface area contributed by atoms with E-state index in [-0.39, 0.29) is 29.9 Å². The van der Waals surface area contributed by atoms with Gasteiger partial charge in [-0.2, -0.15) is 0 Å². The van der Waals surface area contributed by atoms with Gasteiger partial charge in [0, 0.05) is 50.6 Å². The lowest BCUT2D eigenvalue weighted by Crippen LogP contribution is -2.37. The number of nitrogens with zero attached hydrogens (tertiary/aromatic N) is 3. The Morgan fingerprint density at radius 1 is 1.18 bits per heavy atom. The summed E-state index contributed by atoms with van der Waals surface area (Å²) in [7, 11) is 1.76. The van der Waals surface area contributed by atoms with E-state index in [0.29, 0.717) is 6.54 Å². The Kier molecular flexibility index (Phi) is 11.1. The lowest BCUT2D eigenvalue weighted by atomic mass is 10.1. The van der Waals surface area contributed by atoms with Crippen LogP contribution in [0.4, 0.5) is 0 Å². The van der Waals surface area contributed by atoms with Crippen LogP contribution in [0.2, 0.25) is 0 Å². The predicted molar refractivity (Wildman–Crippen MR) is 128 cm³/mol. The fourth-order valence-corrected chi connectivity index (χ4v) is 3.34. The number of aliphatic imine (C=N–C) groups is 1. The highest BCUT2D eigenvalue weighted by Gasteiger charge is 2.11. The third-order valence-corrected chi connectivity index (χ3v) is 5.10. The minimum absolute atomic E-state index is 0. The normalized spacial score (nSPS) is 10.9. The SMILES string of the molecule is CCN(CC)C(=O)c1ccc(CNC(=NC)NCCc2csc(C)n2)cc1.I. The maximum atomic E-state index is 12.3. The highest BCUT2D eigenvalue weighted by molar-refractivity contribution is 14.0. The third kappa shape index (κ3) is 7.38. The fourth-order valence-electron chi connectivity index (χ4n) is 2.70. The molecule has 2 aromatic rings. The maximum Gasteiger partial charge on any atom is 0.253 e. The number of benzene rings is 1. The van der Waals surface area contributed by atoms with E-state index in [1.165, 1.54) is 0 Å². The fraction of sp³-hybridized carbons (Fsp3) is 0.450. The molecule has 0 bridgehead atoms. The van der Waals surface area contributed by atoms with Gasteiger partial charge in [-0.3, -0.25) is 9.79 Å². The van der Waals surface area contributed by atoms with Gasteiger partial charge in [-0.1, -0.05) is 12.1 Å². The van der Waals surface area contributed by atoms with E-state index in [9.17, 15) is 4.79 Å². The monoisotopic (exact) mass is 515 g/mol. The van der Waals surface area contributed by atoms with Crippen molar-refractivity contribution in [1.82, 2.24) is 20.5 Å². The summed E-state index contributed by atoms with van der Waals surface area (Å²) in [6, 6.07) is 7.74. The van der Waals surface area contributed by atoms with Crippen LogP contribution < -0.4 is 10.6 Å². The maximum absolute atomic E-state index is 12.3. The summed E-state index contributed by atoms with van der Waals surface area (Å²) in [5.74, 6) is 0.833. The van der Waals surface area contributed by atoms with Crippen LogP contribution in [0.1, 0.15) is 40.5 Å². The number of carbonyl (C=O) groups excluding carboxylic acids is 1.